The Kier molecular flexibility index (Phi) is 2.97. The Hall–Kier alpha value is -1.95. The molecule has 6 heteroatoms. The molecule has 3 N–H and O–H groups in total. The van der Waals surface area contributed by atoms with Gasteiger partial charge in [0.15, 0.2) is 0 Å². The van der Waals surface area contributed by atoms with Gasteiger partial charge < -0.3 is 15.7 Å². The van der Waals surface area contributed by atoms with Crippen molar-refractivity contribution in [1.82, 2.24) is 10.6 Å². The fourth-order valence-electron chi connectivity index (χ4n) is 2.59. The lowest BCUT2D eigenvalue weighted by Gasteiger charge is -2.20. The van der Waals surface area contributed by atoms with Gasteiger partial charge >= 0.3 is 0 Å². The van der Waals surface area contributed by atoms with E-state index < -0.39 is 29.4 Å². The topological polar surface area (TPSA) is 78.4 Å². The minimum absolute atomic E-state index is 0.0977. The van der Waals surface area contributed by atoms with Crippen LogP contribution in [0.4, 0.5) is 4.39 Å². The number of hydrogen-bond acceptors (Lipinski definition) is 3. The average Bonchev–Trinajstić information content (AvgIpc) is 3.10. The maximum Gasteiger partial charge on any atom is 0.236 e. The number of carbonyl (C=O) groups is 2. The van der Waals surface area contributed by atoms with Crippen molar-refractivity contribution in [2.75, 3.05) is 6.54 Å². The van der Waals surface area contributed by atoms with Crippen LogP contribution in [0.3, 0.4) is 0 Å². The predicted molar refractivity (Wildman–Crippen MR) is 68.0 cm³/mol. The predicted octanol–water partition coefficient (Wildman–Crippen LogP) is 0.0379. The number of nitrogens with one attached hydrogen (secondary N) is 2. The molecule has 20 heavy (non-hydrogen) atoms. The van der Waals surface area contributed by atoms with Gasteiger partial charge in [-0.25, -0.2) is 4.39 Å². The number of hydrogen-bond donors (Lipinski definition) is 3. The normalized spacial score (nSPS) is 27.0. The molecule has 1 aromatic carbocycles. The molecule has 5 nitrogen and oxygen atoms in total. The zero-order valence-corrected chi connectivity index (χ0v) is 10.7. The number of benzene rings is 1. The van der Waals surface area contributed by atoms with Gasteiger partial charge in [0, 0.05) is 6.54 Å². The lowest BCUT2D eigenvalue weighted by molar-refractivity contribution is -0.136. The van der Waals surface area contributed by atoms with E-state index in [4.69, 9.17) is 0 Å². The van der Waals surface area contributed by atoms with Crippen molar-refractivity contribution in [3.63, 3.8) is 0 Å². The first kappa shape index (κ1) is 13.1. The van der Waals surface area contributed by atoms with Crippen molar-refractivity contribution >= 4 is 11.8 Å². The lowest BCUT2D eigenvalue weighted by Crippen LogP contribution is -2.44. The van der Waals surface area contributed by atoms with E-state index in [1.807, 2.05) is 0 Å². The van der Waals surface area contributed by atoms with Crippen molar-refractivity contribution in [3.05, 3.63) is 35.6 Å². The summed E-state index contributed by atoms with van der Waals surface area (Å²) in [7, 11) is 0. The van der Waals surface area contributed by atoms with Gasteiger partial charge in [-0.2, -0.15) is 0 Å². The molecule has 2 unspecified atom stereocenters. The van der Waals surface area contributed by atoms with E-state index in [-0.39, 0.29) is 12.4 Å². The van der Waals surface area contributed by atoms with E-state index in [0.29, 0.717) is 0 Å². The molecule has 2 amide bonds. The first-order valence-corrected chi connectivity index (χ1v) is 6.56. The summed E-state index contributed by atoms with van der Waals surface area (Å²) in [6.45, 7) is 0.0977. The summed E-state index contributed by atoms with van der Waals surface area (Å²) in [5.74, 6) is -2.33. The number of carbonyl (C=O) groups excluding carboxylic acids is 2. The Balaban J connectivity index is 1.75. The van der Waals surface area contributed by atoms with Gasteiger partial charge in [-0.05, 0) is 30.5 Å². The van der Waals surface area contributed by atoms with Crippen molar-refractivity contribution in [2.24, 2.45) is 5.92 Å². The summed E-state index contributed by atoms with van der Waals surface area (Å²) in [5, 5.41) is 14.9. The van der Waals surface area contributed by atoms with Crippen LogP contribution < -0.4 is 10.6 Å². The van der Waals surface area contributed by atoms with Gasteiger partial charge in [-0.15, -0.1) is 0 Å². The van der Waals surface area contributed by atoms with Crippen molar-refractivity contribution < 1.29 is 19.1 Å². The SMILES string of the molecule is O=C1NCC(O)C1C(=O)NC1(c2ccc(F)cc2)CC1. The second-order valence-electron chi connectivity index (χ2n) is 5.37. The highest BCUT2D eigenvalue weighted by molar-refractivity contribution is 6.02. The van der Waals surface area contributed by atoms with Crippen LogP contribution in [0, 0.1) is 11.7 Å². The molecule has 1 aliphatic carbocycles. The summed E-state index contributed by atoms with van der Waals surface area (Å²) in [6, 6.07) is 5.96. The van der Waals surface area contributed by atoms with Gasteiger partial charge in [0.2, 0.25) is 11.8 Å². The van der Waals surface area contributed by atoms with Gasteiger partial charge in [-0.1, -0.05) is 12.1 Å². The smallest absolute Gasteiger partial charge is 0.236 e. The van der Waals surface area contributed by atoms with Crippen LogP contribution in [0.1, 0.15) is 18.4 Å². The summed E-state index contributed by atoms with van der Waals surface area (Å²) in [5.41, 5.74) is 0.299. The highest BCUT2D eigenvalue weighted by Crippen LogP contribution is 2.45. The number of aliphatic hydroxyl groups is 1. The van der Waals surface area contributed by atoms with Gasteiger partial charge in [0.1, 0.15) is 11.7 Å². The molecule has 1 saturated heterocycles. The minimum Gasteiger partial charge on any atom is -0.390 e. The second-order valence-corrected chi connectivity index (χ2v) is 5.37. The van der Waals surface area contributed by atoms with Crippen LogP contribution >= 0.6 is 0 Å². The maximum atomic E-state index is 12.9. The first-order chi connectivity index (χ1) is 9.52. The minimum atomic E-state index is -1.06. The molecule has 0 radical (unpaired) electrons. The number of amides is 2. The molecule has 106 valence electrons. The summed E-state index contributed by atoms with van der Waals surface area (Å²) in [6.07, 6.45) is 0.496. The Morgan fingerprint density at radius 3 is 2.50 bits per heavy atom. The Labute approximate surface area is 115 Å². The molecule has 2 aliphatic rings. The third-order valence-electron chi connectivity index (χ3n) is 3.94. The first-order valence-electron chi connectivity index (χ1n) is 6.56. The molecule has 3 rings (SSSR count). The van der Waals surface area contributed by atoms with E-state index in [0.717, 1.165) is 18.4 Å². The van der Waals surface area contributed by atoms with Crippen molar-refractivity contribution in [1.29, 1.82) is 0 Å². The summed E-state index contributed by atoms with van der Waals surface area (Å²) >= 11 is 0. The molecule has 1 saturated carbocycles. The van der Waals surface area contributed by atoms with Crippen LogP contribution in [0.5, 0.6) is 0 Å². The molecular formula is C14H15FN2O3. The highest BCUT2D eigenvalue weighted by atomic mass is 19.1. The van der Waals surface area contributed by atoms with E-state index in [1.54, 1.807) is 12.1 Å². The zero-order valence-electron chi connectivity index (χ0n) is 10.7. The molecular weight excluding hydrogens is 263 g/mol. The van der Waals surface area contributed by atoms with E-state index in [9.17, 15) is 19.1 Å². The second kappa shape index (κ2) is 4.56. The molecule has 0 aromatic heterocycles. The zero-order chi connectivity index (χ0) is 14.3. The molecule has 0 spiro atoms. The van der Waals surface area contributed by atoms with Crippen LogP contribution in [0.15, 0.2) is 24.3 Å². The molecule has 1 heterocycles. The fraction of sp³-hybridized carbons (Fsp3) is 0.429. The average molecular weight is 278 g/mol. The molecule has 2 fully saturated rings. The van der Waals surface area contributed by atoms with Crippen LogP contribution in [-0.4, -0.2) is 29.6 Å². The number of halogens is 1. The number of rotatable bonds is 3. The van der Waals surface area contributed by atoms with Crippen molar-refractivity contribution in [3.8, 4) is 0 Å². The molecule has 1 aromatic rings. The summed E-state index contributed by atoms with van der Waals surface area (Å²) < 4.78 is 12.9. The molecule has 0 bridgehead atoms. The Morgan fingerprint density at radius 1 is 1.35 bits per heavy atom. The monoisotopic (exact) mass is 278 g/mol. The number of β-amino-alcohol motifs (C(OH)–C–C–N with tert-alkyl or cyclic N) is 1. The third kappa shape index (κ3) is 2.16. The quantitative estimate of drug-likeness (QED) is 0.683. The highest BCUT2D eigenvalue weighted by Gasteiger charge is 2.49. The summed E-state index contributed by atoms with van der Waals surface area (Å²) in [4.78, 5) is 23.7. The number of aliphatic hydroxyl groups excluding tert-OH is 1. The molecule has 1 aliphatic heterocycles. The van der Waals surface area contributed by atoms with E-state index in [2.05, 4.69) is 10.6 Å². The Bertz CT molecular complexity index is 554. The van der Waals surface area contributed by atoms with Crippen LogP contribution in [0.2, 0.25) is 0 Å². The lowest BCUT2D eigenvalue weighted by atomic mass is 10.0. The van der Waals surface area contributed by atoms with Gasteiger partial charge in [-0.3, -0.25) is 9.59 Å². The van der Waals surface area contributed by atoms with Gasteiger partial charge in [0.25, 0.3) is 0 Å². The van der Waals surface area contributed by atoms with Crippen LogP contribution in [-0.2, 0) is 15.1 Å². The van der Waals surface area contributed by atoms with E-state index in [1.165, 1.54) is 12.1 Å². The van der Waals surface area contributed by atoms with Crippen LogP contribution in [0.25, 0.3) is 0 Å². The van der Waals surface area contributed by atoms with E-state index >= 15 is 0 Å². The molecule has 2 atom stereocenters. The third-order valence-corrected chi connectivity index (χ3v) is 3.94. The Morgan fingerprint density at radius 2 is 2.00 bits per heavy atom. The largest absolute Gasteiger partial charge is 0.390 e. The standard InChI is InChI=1S/C14H15FN2O3/c15-9-3-1-8(2-4-9)14(5-6-14)17-13(20)11-10(18)7-16-12(11)19/h1-4,10-11,18H,5-7H2,(H,16,19)(H,17,20). The fourth-order valence-corrected chi connectivity index (χ4v) is 2.59. The maximum absolute atomic E-state index is 12.9. The van der Waals surface area contributed by atoms with Gasteiger partial charge in [0.05, 0.1) is 11.6 Å². The van der Waals surface area contributed by atoms with Crippen molar-refractivity contribution in [2.45, 2.75) is 24.5 Å².